The summed E-state index contributed by atoms with van der Waals surface area (Å²) < 4.78 is 13.7. The number of pyridine rings is 1. The fraction of sp³-hybridized carbons (Fsp3) is 0.0909. The van der Waals surface area contributed by atoms with Crippen LogP contribution in [0.1, 0.15) is 11.3 Å². The number of halogens is 2. The Kier molecular flexibility index (Phi) is 2.78. The molecule has 82 valence electrons. The van der Waals surface area contributed by atoms with Crippen molar-refractivity contribution in [2.24, 2.45) is 5.73 Å². The first kappa shape index (κ1) is 11.2. The van der Waals surface area contributed by atoms with Gasteiger partial charge in [0.05, 0.1) is 5.02 Å². The summed E-state index contributed by atoms with van der Waals surface area (Å²) in [6, 6.07) is 4.59. The van der Waals surface area contributed by atoms with Crippen LogP contribution in [-0.4, -0.2) is 9.97 Å². The number of nitrogens with two attached hydrogens (primary N) is 1. The second-order valence-electron chi connectivity index (χ2n) is 3.46. The van der Waals surface area contributed by atoms with Gasteiger partial charge in [-0.15, -0.1) is 0 Å². The monoisotopic (exact) mass is 254 g/mol. The van der Waals surface area contributed by atoms with Gasteiger partial charge in [0.2, 0.25) is 0 Å². The molecule has 1 aromatic carbocycles. The Morgan fingerprint density at radius 2 is 2.12 bits per heavy atom. The molecule has 0 fully saturated rings. The molecule has 0 spiro atoms. The van der Waals surface area contributed by atoms with Crippen molar-refractivity contribution in [3.05, 3.63) is 40.3 Å². The Bertz CT molecular complexity index is 598. The van der Waals surface area contributed by atoms with E-state index < -0.39 is 5.82 Å². The highest BCUT2D eigenvalue weighted by Gasteiger charge is 2.10. The summed E-state index contributed by atoms with van der Waals surface area (Å²) in [5.74, 6) is -0.467. The van der Waals surface area contributed by atoms with E-state index in [1.165, 1.54) is 6.07 Å². The molecular formula is C11H8ClFN2S. The van der Waals surface area contributed by atoms with E-state index in [1.54, 1.807) is 19.1 Å². The molecule has 2 N–H and O–H groups in total. The molecule has 1 aromatic heterocycles. The lowest BCUT2D eigenvalue weighted by atomic mass is 10.1. The molecule has 0 unspecified atom stereocenters. The predicted molar refractivity (Wildman–Crippen MR) is 67.3 cm³/mol. The molecule has 0 amide bonds. The van der Waals surface area contributed by atoms with Crippen molar-refractivity contribution in [1.82, 2.24) is 4.98 Å². The Morgan fingerprint density at radius 3 is 2.75 bits per heavy atom. The van der Waals surface area contributed by atoms with Gasteiger partial charge in [-0.1, -0.05) is 23.8 Å². The summed E-state index contributed by atoms with van der Waals surface area (Å²) in [5.41, 5.74) is 6.81. The molecule has 5 heteroatoms. The fourth-order valence-corrected chi connectivity index (χ4v) is 1.93. The van der Waals surface area contributed by atoms with E-state index in [0.717, 1.165) is 0 Å². The summed E-state index contributed by atoms with van der Waals surface area (Å²) in [7, 11) is 0. The molecule has 0 aliphatic rings. The minimum atomic E-state index is -0.467. The quantitative estimate of drug-likeness (QED) is 0.796. The molecule has 2 aromatic rings. The summed E-state index contributed by atoms with van der Waals surface area (Å²) in [6.45, 7) is 1.76. The third-order valence-corrected chi connectivity index (χ3v) is 2.78. The molecule has 0 aliphatic carbocycles. The molecule has 1 heterocycles. The SMILES string of the molecule is Cc1cc(Cl)c2cc(C(N)=S)cc(F)c2n1. The minimum absolute atomic E-state index is 0.137. The van der Waals surface area contributed by atoms with Crippen molar-refractivity contribution in [3.63, 3.8) is 0 Å². The fourth-order valence-electron chi connectivity index (χ4n) is 1.51. The second-order valence-corrected chi connectivity index (χ2v) is 4.31. The van der Waals surface area contributed by atoms with Gasteiger partial charge in [0.15, 0.2) is 0 Å². The van der Waals surface area contributed by atoms with Gasteiger partial charge < -0.3 is 5.73 Å². The number of rotatable bonds is 1. The van der Waals surface area contributed by atoms with Crippen molar-refractivity contribution >= 4 is 39.7 Å². The Hall–Kier alpha value is -1.26. The highest BCUT2D eigenvalue weighted by Crippen LogP contribution is 2.26. The number of benzene rings is 1. The summed E-state index contributed by atoms with van der Waals surface area (Å²) in [6.07, 6.45) is 0. The molecule has 0 bridgehead atoms. The van der Waals surface area contributed by atoms with Crippen LogP contribution in [0.5, 0.6) is 0 Å². The van der Waals surface area contributed by atoms with Crippen LogP contribution < -0.4 is 5.73 Å². The van der Waals surface area contributed by atoms with Gasteiger partial charge in [-0.25, -0.2) is 9.37 Å². The van der Waals surface area contributed by atoms with Gasteiger partial charge in [-0.05, 0) is 25.1 Å². The first-order valence-corrected chi connectivity index (χ1v) is 5.34. The van der Waals surface area contributed by atoms with Gasteiger partial charge in [0.1, 0.15) is 16.3 Å². The van der Waals surface area contributed by atoms with Crippen LogP contribution in [0.15, 0.2) is 18.2 Å². The molecule has 0 saturated heterocycles. The zero-order valence-corrected chi connectivity index (χ0v) is 9.99. The highest BCUT2D eigenvalue weighted by molar-refractivity contribution is 7.80. The zero-order valence-electron chi connectivity index (χ0n) is 8.42. The number of nitrogens with zero attached hydrogens (tertiary/aromatic N) is 1. The number of aryl methyl sites for hydroxylation is 1. The lowest BCUT2D eigenvalue weighted by molar-refractivity contribution is 0.636. The molecule has 0 radical (unpaired) electrons. The smallest absolute Gasteiger partial charge is 0.150 e. The van der Waals surface area contributed by atoms with Crippen molar-refractivity contribution in [1.29, 1.82) is 0 Å². The molecule has 2 nitrogen and oxygen atoms in total. The van der Waals surface area contributed by atoms with Gasteiger partial charge in [-0.3, -0.25) is 0 Å². The van der Waals surface area contributed by atoms with Crippen LogP contribution in [0.3, 0.4) is 0 Å². The number of thiocarbonyl (C=S) groups is 1. The molecule has 0 saturated carbocycles. The van der Waals surface area contributed by atoms with E-state index in [0.29, 0.717) is 21.7 Å². The molecule has 2 rings (SSSR count). The van der Waals surface area contributed by atoms with Crippen LogP contribution in [0, 0.1) is 12.7 Å². The lowest BCUT2D eigenvalue weighted by Crippen LogP contribution is -2.09. The minimum Gasteiger partial charge on any atom is -0.389 e. The van der Waals surface area contributed by atoms with E-state index in [1.807, 2.05) is 0 Å². The maximum absolute atomic E-state index is 13.7. The van der Waals surface area contributed by atoms with Crippen molar-refractivity contribution in [2.75, 3.05) is 0 Å². The van der Waals surface area contributed by atoms with Crippen molar-refractivity contribution in [2.45, 2.75) is 6.92 Å². The van der Waals surface area contributed by atoms with Crippen LogP contribution >= 0.6 is 23.8 Å². The van der Waals surface area contributed by atoms with E-state index in [2.05, 4.69) is 4.98 Å². The molecular weight excluding hydrogens is 247 g/mol. The number of fused-ring (bicyclic) bond motifs is 1. The van der Waals surface area contributed by atoms with Gasteiger partial charge >= 0.3 is 0 Å². The first-order valence-electron chi connectivity index (χ1n) is 4.55. The van der Waals surface area contributed by atoms with Crippen molar-refractivity contribution in [3.8, 4) is 0 Å². The third kappa shape index (κ3) is 1.86. The summed E-state index contributed by atoms with van der Waals surface area (Å²) in [5, 5.41) is 0.967. The van der Waals surface area contributed by atoms with Gasteiger partial charge in [-0.2, -0.15) is 0 Å². The number of hydrogen-bond donors (Lipinski definition) is 1. The Balaban J connectivity index is 2.87. The van der Waals surface area contributed by atoms with E-state index in [9.17, 15) is 4.39 Å². The summed E-state index contributed by atoms with van der Waals surface area (Å²) >= 11 is 10.8. The number of hydrogen-bond acceptors (Lipinski definition) is 2. The topological polar surface area (TPSA) is 38.9 Å². The Morgan fingerprint density at radius 1 is 1.44 bits per heavy atom. The second kappa shape index (κ2) is 3.96. The lowest BCUT2D eigenvalue weighted by Gasteiger charge is -2.06. The van der Waals surface area contributed by atoms with Gasteiger partial charge in [0.25, 0.3) is 0 Å². The van der Waals surface area contributed by atoms with E-state index in [4.69, 9.17) is 29.6 Å². The van der Waals surface area contributed by atoms with E-state index in [-0.39, 0.29) is 10.5 Å². The van der Waals surface area contributed by atoms with Crippen LogP contribution in [0.25, 0.3) is 10.9 Å². The Labute approximate surface area is 102 Å². The van der Waals surface area contributed by atoms with Crippen LogP contribution in [0.4, 0.5) is 4.39 Å². The molecule has 0 aliphatic heterocycles. The maximum Gasteiger partial charge on any atom is 0.150 e. The molecule has 16 heavy (non-hydrogen) atoms. The van der Waals surface area contributed by atoms with Crippen LogP contribution in [-0.2, 0) is 0 Å². The first-order chi connectivity index (χ1) is 7.49. The average molecular weight is 255 g/mol. The van der Waals surface area contributed by atoms with E-state index >= 15 is 0 Å². The summed E-state index contributed by atoms with van der Waals surface area (Å²) in [4.78, 5) is 4.23. The van der Waals surface area contributed by atoms with Gasteiger partial charge in [0, 0.05) is 16.6 Å². The van der Waals surface area contributed by atoms with Crippen LogP contribution in [0.2, 0.25) is 5.02 Å². The maximum atomic E-state index is 13.7. The molecule has 0 atom stereocenters. The standard InChI is InChI=1S/C11H8ClFN2S/c1-5-2-8(12)7-3-6(11(14)16)4-9(13)10(7)15-5/h2-4H,1H3,(H2,14,16). The van der Waals surface area contributed by atoms with Crippen molar-refractivity contribution < 1.29 is 4.39 Å². The normalized spacial score (nSPS) is 10.7. The number of aromatic nitrogens is 1. The largest absolute Gasteiger partial charge is 0.389 e. The highest BCUT2D eigenvalue weighted by atomic mass is 35.5. The zero-order chi connectivity index (χ0) is 11.9. The third-order valence-electron chi connectivity index (χ3n) is 2.23. The predicted octanol–water partition coefficient (Wildman–Crippen LogP) is 2.97. The average Bonchev–Trinajstić information content (AvgIpc) is 2.19.